The van der Waals surface area contributed by atoms with Crippen LogP contribution < -0.4 is 0 Å². The van der Waals surface area contributed by atoms with Gasteiger partial charge in [-0.05, 0) is 31.1 Å². The van der Waals surface area contributed by atoms with Crippen molar-refractivity contribution in [2.45, 2.75) is 32.6 Å². The van der Waals surface area contributed by atoms with Crippen LogP contribution in [0.1, 0.15) is 32.6 Å². The molecule has 0 spiro atoms. The summed E-state index contributed by atoms with van der Waals surface area (Å²) in [6.07, 6.45) is 9.76. The van der Waals surface area contributed by atoms with Gasteiger partial charge in [0.05, 0.1) is 0 Å². The number of carbonyl (C=O) groups is 1. The van der Waals surface area contributed by atoms with E-state index in [1.807, 2.05) is 0 Å². The van der Waals surface area contributed by atoms with Crippen LogP contribution in [-0.4, -0.2) is 23.9 Å². The van der Waals surface area contributed by atoms with E-state index in [-0.39, 0.29) is 5.91 Å². The Labute approximate surface area is 80.3 Å². The van der Waals surface area contributed by atoms with Crippen LogP contribution >= 0.6 is 0 Å². The summed E-state index contributed by atoms with van der Waals surface area (Å²) in [5, 5.41) is 0. The maximum atomic E-state index is 11.2. The van der Waals surface area contributed by atoms with Crippen molar-refractivity contribution < 1.29 is 4.79 Å². The standard InChI is InChI=1S/C11H17NO/c1-3-10-6-5-8-12(9-7-10)11(13)4-2/h2,10H,3,5-9H2,1H3. The molecule has 1 aliphatic rings. The maximum absolute atomic E-state index is 11.2. The molecule has 72 valence electrons. The first-order valence-electron chi connectivity index (χ1n) is 5.03. The Kier molecular flexibility index (Phi) is 3.82. The summed E-state index contributed by atoms with van der Waals surface area (Å²) in [5.41, 5.74) is 0. The van der Waals surface area contributed by atoms with Gasteiger partial charge in [0.25, 0.3) is 5.91 Å². The van der Waals surface area contributed by atoms with E-state index in [4.69, 9.17) is 6.42 Å². The molecule has 0 aromatic rings. The minimum atomic E-state index is -0.142. The van der Waals surface area contributed by atoms with Crippen molar-refractivity contribution in [2.24, 2.45) is 5.92 Å². The largest absolute Gasteiger partial charge is 0.332 e. The number of likely N-dealkylation sites (tertiary alicyclic amines) is 1. The van der Waals surface area contributed by atoms with Crippen LogP contribution in [0.3, 0.4) is 0 Å². The number of amides is 1. The topological polar surface area (TPSA) is 20.3 Å². The number of carbonyl (C=O) groups excluding carboxylic acids is 1. The summed E-state index contributed by atoms with van der Waals surface area (Å²) in [6.45, 7) is 3.91. The van der Waals surface area contributed by atoms with Crippen molar-refractivity contribution in [1.82, 2.24) is 4.90 Å². The summed E-state index contributed by atoms with van der Waals surface area (Å²) >= 11 is 0. The first-order chi connectivity index (χ1) is 6.27. The van der Waals surface area contributed by atoms with Crippen molar-refractivity contribution in [2.75, 3.05) is 13.1 Å². The Bertz CT molecular complexity index is 217. The Balaban J connectivity index is 2.45. The molecule has 1 rings (SSSR count). The van der Waals surface area contributed by atoms with Crippen LogP contribution in [0.15, 0.2) is 0 Å². The van der Waals surface area contributed by atoms with Gasteiger partial charge in [0, 0.05) is 13.1 Å². The second-order valence-corrected chi connectivity index (χ2v) is 3.64. The molecular formula is C11H17NO. The first-order valence-corrected chi connectivity index (χ1v) is 5.03. The summed E-state index contributed by atoms with van der Waals surface area (Å²) in [6, 6.07) is 0. The lowest BCUT2D eigenvalue weighted by atomic mass is 9.98. The molecule has 0 aromatic heterocycles. The van der Waals surface area contributed by atoms with E-state index >= 15 is 0 Å². The summed E-state index contributed by atoms with van der Waals surface area (Å²) < 4.78 is 0. The second-order valence-electron chi connectivity index (χ2n) is 3.64. The number of hydrogen-bond acceptors (Lipinski definition) is 1. The third kappa shape index (κ3) is 2.77. The molecule has 0 radical (unpaired) electrons. The molecule has 1 fully saturated rings. The zero-order valence-corrected chi connectivity index (χ0v) is 8.25. The molecule has 1 atom stereocenters. The van der Waals surface area contributed by atoms with Gasteiger partial charge >= 0.3 is 0 Å². The van der Waals surface area contributed by atoms with E-state index in [0.29, 0.717) is 0 Å². The average Bonchev–Trinajstić information content (AvgIpc) is 2.41. The minimum Gasteiger partial charge on any atom is -0.332 e. The highest BCUT2D eigenvalue weighted by Gasteiger charge is 2.17. The van der Waals surface area contributed by atoms with Crippen molar-refractivity contribution in [3.05, 3.63) is 0 Å². The van der Waals surface area contributed by atoms with E-state index in [1.165, 1.54) is 12.8 Å². The normalized spacial score (nSPS) is 23.4. The fourth-order valence-electron chi connectivity index (χ4n) is 1.87. The predicted molar refractivity (Wildman–Crippen MR) is 53.0 cm³/mol. The Morgan fingerprint density at radius 2 is 2.31 bits per heavy atom. The van der Waals surface area contributed by atoms with Crippen LogP contribution in [0.5, 0.6) is 0 Å². The zero-order chi connectivity index (χ0) is 9.68. The SMILES string of the molecule is C#CC(=O)N1CCCC(CC)CC1. The number of terminal acetylenes is 1. The smallest absolute Gasteiger partial charge is 0.298 e. The lowest BCUT2D eigenvalue weighted by molar-refractivity contribution is -0.125. The lowest BCUT2D eigenvalue weighted by Gasteiger charge is -2.16. The van der Waals surface area contributed by atoms with Crippen LogP contribution in [0.4, 0.5) is 0 Å². The molecule has 0 N–H and O–H groups in total. The highest BCUT2D eigenvalue weighted by atomic mass is 16.2. The van der Waals surface area contributed by atoms with Crippen molar-refractivity contribution >= 4 is 5.91 Å². The van der Waals surface area contributed by atoms with Crippen LogP contribution in [0.2, 0.25) is 0 Å². The molecule has 0 saturated carbocycles. The van der Waals surface area contributed by atoms with E-state index in [0.717, 1.165) is 31.8 Å². The van der Waals surface area contributed by atoms with Crippen LogP contribution in [0.25, 0.3) is 0 Å². The zero-order valence-electron chi connectivity index (χ0n) is 8.25. The van der Waals surface area contributed by atoms with Gasteiger partial charge in [-0.3, -0.25) is 4.79 Å². The predicted octanol–water partition coefficient (Wildman–Crippen LogP) is 1.66. The van der Waals surface area contributed by atoms with Gasteiger partial charge in [0.15, 0.2) is 0 Å². The molecule has 0 aliphatic carbocycles. The monoisotopic (exact) mass is 179 g/mol. The molecule has 1 amide bonds. The summed E-state index contributed by atoms with van der Waals surface area (Å²) in [7, 11) is 0. The van der Waals surface area contributed by atoms with Gasteiger partial charge in [-0.25, -0.2) is 0 Å². The first kappa shape index (κ1) is 10.1. The molecule has 0 aromatic carbocycles. The van der Waals surface area contributed by atoms with Gasteiger partial charge in [0.2, 0.25) is 0 Å². The highest BCUT2D eigenvalue weighted by molar-refractivity contribution is 5.92. The van der Waals surface area contributed by atoms with E-state index in [9.17, 15) is 4.79 Å². The van der Waals surface area contributed by atoms with E-state index in [2.05, 4.69) is 12.8 Å². The minimum absolute atomic E-state index is 0.142. The van der Waals surface area contributed by atoms with Crippen molar-refractivity contribution in [1.29, 1.82) is 0 Å². The van der Waals surface area contributed by atoms with Gasteiger partial charge < -0.3 is 4.90 Å². The molecule has 1 unspecified atom stereocenters. The van der Waals surface area contributed by atoms with Gasteiger partial charge in [0.1, 0.15) is 0 Å². The fourth-order valence-corrected chi connectivity index (χ4v) is 1.87. The molecule has 1 heterocycles. The van der Waals surface area contributed by atoms with Gasteiger partial charge in [-0.1, -0.05) is 13.3 Å². The van der Waals surface area contributed by atoms with E-state index in [1.54, 1.807) is 4.90 Å². The molecule has 13 heavy (non-hydrogen) atoms. The van der Waals surface area contributed by atoms with Gasteiger partial charge in [-0.2, -0.15) is 0 Å². The number of rotatable bonds is 1. The third-order valence-electron chi connectivity index (χ3n) is 2.84. The molecular weight excluding hydrogens is 162 g/mol. The van der Waals surface area contributed by atoms with Crippen molar-refractivity contribution in [3.8, 4) is 12.3 Å². The fraction of sp³-hybridized carbons (Fsp3) is 0.727. The molecule has 2 heteroatoms. The molecule has 0 bridgehead atoms. The highest BCUT2D eigenvalue weighted by Crippen LogP contribution is 2.19. The third-order valence-corrected chi connectivity index (χ3v) is 2.84. The van der Waals surface area contributed by atoms with Crippen LogP contribution in [0, 0.1) is 18.3 Å². The quantitative estimate of drug-likeness (QED) is 0.561. The summed E-state index contributed by atoms with van der Waals surface area (Å²) in [4.78, 5) is 13.0. The Morgan fingerprint density at radius 1 is 1.54 bits per heavy atom. The lowest BCUT2D eigenvalue weighted by Crippen LogP contribution is -2.30. The maximum Gasteiger partial charge on any atom is 0.298 e. The number of hydrogen-bond donors (Lipinski definition) is 0. The molecule has 2 nitrogen and oxygen atoms in total. The van der Waals surface area contributed by atoms with Crippen molar-refractivity contribution in [3.63, 3.8) is 0 Å². The second kappa shape index (κ2) is 4.91. The molecule has 1 saturated heterocycles. The average molecular weight is 179 g/mol. The van der Waals surface area contributed by atoms with Crippen LogP contribution in [-0.2, 0) is 4.79 Å². The Hall–Kier alpha value is -0.970. The van der Waals surface area contributed by atoms with Gasteiger partial charge in [-0.15, -0.1) is 6.42 Å². The van der Waals surface area contributed by atoms with E-state index < -0.39 is 0 Å². The summed E-state index contributed by atoms with van der Waals surface area (Å²) in [5.74, 6) is 2.83. The molecule has 1 aliphatic heterocycles. The number of nitrogens with zero attached hydrogens (tertiary/aromatic N) is 1. The Morgan fingerprint density at radius 3 is 2.92 bits per heavy atom.